The summed E-state index contributed by atoms with van der Waals surface area (Å²) in [6.07, 6.45) is 0. The van der Waals surface area contributed by atoms with Crippen LogP contribution in [0.4, 0.5) is 8.78 Å². The molecule has 0 saturated heterocycles. The Labute approximate surface area is 108 Å². The molecule has 0 aliphatic rings. The number of rotatable bonds is 2. The van der Waals surface area contributed by atoms with Gasteiger partial charge in [0, 0.05) is 6.07 Å². The molecule has 0 saturated carbocycles. The minimum absolute atomic E-state index is 0.143. The molecule has 1 aromatic carbocycles. The maximum absolute atomic E-state index is 13.4. The van der Waals surface area contributed by atoms with Gasteiger partial charge in [-0.05, 0) is 31.5 Å². The van der Waals surface area contributed by atoms with E-state index in [4.69, 9.17) is 10.00 Å². The Morgan fingerprint density at radius 2 is 1.95 bits per heavy atom. The number of benzene rings is 1. The first-order valence-corrected chi connectivity index (χ1v) is 5.40. The van der Waals surface area contributed by atoms with Crippen molar-refractivity contribution in [3.05, 3.63) is 46.7 Å². The maximum Gasteiger partial charge on any atom is 0.257 e. The van der Waals surface area contributed by atoms with Crippen LogP contribution < -0.4 is 4.74 Å². The molecule has 0 atom stereocenters. The second-order valence-electron chi connectivity index (χ2n) is 3.88. The van der Waals surface area contributed by atoms with Crippen LogP contribution in [-0.2, 0) is 0 Å². The predicted molar refractivity (Wildman–Crippen MR) is 62.7 cm³/mol. The summed E-state index contributed by atoms with van der Waals surface area (Å²) in [4.78, 5) is 0. The van der Waals surface area contributed by atoms with Crippen molar-refractivity contribution >= 4 is 0 Å². The average molecular weight is 261 g/mol. The van der Waals surface area contributed by atoms with Gasteiger partial charge < -0.3 is 4.74 Å². The van der Waals surface area contributed by atoms with E-state index in [0.29, 0.717) is 11.3 Å². The SMILES string of the molecule is Cc1nnc(Oc2cc(F)ccc2F)c(C#N)c1C. The molecule has 0 aliphatic heterocycles. The van der Waals surface area contributed by atoms with Gasteiger partial charge in [0.15, 0.2) is 11.6 Å². The minimum Gasteiger partial charge on any atom is -0.433 e. The van der Waals surface area contributed by atoms with Crippen molar-refractivity contribution < 1.29 is 13.5 Å². The molecule has 0 bridgehead atoms. The molecule has 0 unspecified atom stereocenters. The topological polar surface area (TPSA) is 58.8 Å². The molecule has 96 valence electrons. The van der Waals surface area contributed by atoms with Crippen molar-refractivity contribution in [3.8, 4) is 17.7 Å². The number of aryl methyl sites for hydroxylation is 1. The number of nitrogens with zero attached hydrogens (tertiary/aromatic N) is 3. The van der Waals surface area contributed by atoms with Crippen LogP contribution in [0.3, 0.4) is 0 Å². The Morgan fingerprint density at radius 1 is 1.21 bits per heavy atom. The van der Waals surface area contributed by atoms with E-state index in [0.717, 1.165) is 18.2 Å². The van der Waals surface area contributed by atoms with Crippen LogP contribution in [0, 0.1) is 36.8 Å². The molecule has 19 heavy (non-hydrogen) atoms. The van der Waals surface area contributed by atoms with Gasteiger partial charge in [0.05, 0.1) is 5.69 Å². The first-order chi connectivity index (χ1) is 9.02. The summed E-state index contributed by atoms with van der Waals surface area (Å²) in [6, 6.07) is 4.71. The summed E-state index contributed by atoms with van der Waals surface area (Å²) in [5, 5.41) is 16.5. The maximum atomic E-state index is 13.4. The van der Waals surface area contributed by atoms with Gasteiger partial charge in [0.25, 0.3) is 5.88 Å². The molecule has 1 aromatic heterocycles. The van der Waals surface area contributed by atoms with E-state index in [9.17, 15) is 8.78 Å². The summed E-state index contributed by atoms with van der Waals surface area (Å²) in [6.45, 7) is 3.37. The van der Waals surface area contributed by atoms with Gasteiger partial charge in [0.1, 0.15) is 17.4 Å². The van der Waals surface area contributed by atoms with Crippen molar-refractivity contribution in [1.29, 1.82) is 5.26 Å². The molecule has 6 heteroatoms. The Balaban J connectivity index is 2.47. The number of halogens is 2. The van der Waals surface area contributed by atoms with Gasteiger partial charge in [-0.25, -0.2) is 8.78 Å². The minimum atomic E-state index is -0.745. The Bertz CT molecular complexity index is 680. The summed E-state index contributed by atoms with van der Waals surface area (Å²) in [5.41, 5.74) is 1.31. The monoisotopic (exact) mass is 261 g/mol. The van der Waals surface area contributed by atoms with E-state index in [1.54, 1.807) is 13.8 Å². The zero-order valence-electron chi connectivity index (χ0n) is 10.2. The number of hydrogen-bond acceptors (Lipinski definition) is 4. The molecule has 0 fully saturated rings. The largest absolute Gasteiger partial charge is 0.433 e. The molecule has 2 aromatic rings. The molecule has 0 spiro atoms. The standard InChI is InChI=1S/C13H9F2N3O/c1-7-8(2)17-18-13(10(7)6-16)19-12-5-9(14)3-4-11(12)15/h3-5H,1-2H3. The van der Waals surface area contributed by atoms with Crippen LogP contribution >= 0.6 is 0 Å². The third kappa shape index (κ3) is 2.50. The van der Waals surface area contributed by atoms with Crippen molar-refractivity contribution in [2.45, 2.75) is 13.8 Å². The molecule has 0 radical (unpaired) electrons. The van der Waals surface area contributed by atoms with E-state index in [2.05, 4.69) is 10.2 Å². The highest BCUT2D eigenvalue weighted by atomic mass is 19.1. The Morgan fingerprint density at radius 3 is 2.63 bits per heavy atom. The van der Waals surface area contributed by atoms with Crippen molar-refractivity contribution in [1.82, 2.24) is 10.2 Å². The fraction of sp³-hybridized carbons (Fsp3) is 0.154. The lowest BCUT2D eigenvalue weighted by atomic mass is 10.1. The van der Waals surface area contributed by atoms with Crippen molar-refractivity contribution in [3.63, 3.8) is 0 Å². The number of hydrogen-bond donors (Lipinski definition) is 0. The van der Waals surface area contributed by atoms with Crippen molar-refractivity contribution in [2.24, 2.45) is 0 Å². The van der Waals surface area contributed by atoms with Gasteiger partial charge in [0.2, 0.25) is 0 Å². The van der Waals surface area contributed by atoms with E-state index < -0.39 is 11.6 Å². The smallest absolute Gasteiger partial charge is 0.257 e. The molecule has 0 N–H and O–H groups in total. The summed E-state index contributed by atoms with van der Waals surface area (Å²) in [5.74, 6) is -1.87. The van der Waals surface area contributed by atoms with Crippen LogP contribution in [0.5, 0.6) is 11.6 Å². The average Bonchev–Trinajstić information content (AvgIpc) is 2.38. The molecular formula is C13H9F2N3O. The van der Waals surface area contributed by atoms with Crippen LogP contribution in [0.15, 0.2) is 18.2 Å². The molecular weight excluding hydrogens is 252 g/mol. The first-order valence-electron chi connectivity index (χ1n) is 5.40. The molecule has 0 amide bonds. The molecule has 4 nitrogen and oxygen atoms in total. The van der Waals surface area contributed by atoms with Gasteiger partial charge >= 0.3 is 0 Å². The molecule has 1 heterocycles. The van der Waals surface area contributed by atoms with E-state index in [-0.39, 0.29) is 17.2 Å². The highest BCUT2D eigenvalue weighted by molar-refractivity contribution is 5.46. The van der Waals surface area contributed by atoms with Gasteiger partial charge in [-0.1, -0.05) is 0 Å². The Kier molecular flexibility index (Phi) is 3.38. The third-order valence-electron chi connectivity index (χ3n) is 2.63. The first kappa shape index (κ1) is 12.9. The summed E-state index contributed by atoms with van der Waals surface area (Å²) >= 11 is 0. The number of nitriles is 1. The Hall–Kier alpha value is -2.55. The fourth-order valence-electron chi connectivity index (χ4n) is 1.45. The second kappa shape index (κ2) is 4.98. The van der Waals surface area contributed by atoms with Crippen LogP contribution in [0.1, 0.15) is 16.8 Å². The highest BCUT2D eigenvalue weighted by Gasteiger charge is 2.15. The zero-order valence-corrected chi connectivity index (χ0v) is 10.2. The number of ether oxygens (including phenoxy) is 1. The lowest BCUT2D eigenvalue weighted by molar-refractivity contribution is 0.415. The predicted octanol–water partition coefficient (Wildman–Crippen LogP) is 3.04. The van der Waals surface area contributed by atoms with Gasteiger partial charge in [-0.3, -0.25) is 0 Å². The van der Waals surface area contributed by atoms with Crippen LogP contribution in [0.2, 0.25) is 0 Å². The number of aromatic nitrogens is 2. The third-order valence-corrected chi connectivity index (χ3v) is 2.63. The van der Waals surface area contributed by atoms with Crippen LogP contribution in [0.25, 0.3) is 0 Å². The van der Waals surface area contributed by atoms with E-state index in [1.165, 1.54) is 0 Å². The van der Waals surface area contributed by atoms with E-state index >= 15 is 0 Å². The van der Waals surface area contributed by atoms with Gasteiger partial charge in [-0.15, -0.1) is 5.10 Å². The van der Waals surface area contributed by atoms with Crippen LogP contribution in [-0.4, -0.2) is 10.2 Å². The highest BCUT2D eigenvalue weighted by Crippen LogP contribution is 2.27. The summed E-state index contributed by atoms with van der Waals surface area (Å²) < 4.78 is 31.6. The molecule has 0 aliphatic carbocycles. The molecule has 2 rings (SSSR count). The second-order valence-corrected chi connectivity index (χ2v) is 3.88. The normalized spacial score (nSPS) is 10.1. The van der Waals surface area contributed by atoms with Crippen molar-refractivity contribution in [2.75, 3.05) is 0 Å². The zero-order chi connectivity index (χ0) is 14.0. The lowest BCUT2D eigenvalue weighted by Crippen LogP contribution is -2.01. The summed E-state index contributed by atoms with van der Waals surface area (Å²) in [7, 11) is 0. The van der Waals surface area contributed by atoms with E-state index in [1.807, 2.05) is 6.07 Å². The fourth-order valence-corrected chi connectivity index (χ4v) is 1.45. The van der Waals surface area contributed by atoms with Gasteiger partial charge in [-0.2, -0.15) is 10.4 Å². The lowest BCUT2D eigenvalue weighted by Gasteiger charge is -2.09. The quantitative estimate of drug-likeness (QED) is 0.833.